The first kappa shape index (κ1) is 22.1. The molecule has 0 aliphatic heterocycles. The molecule has 7 heteroatoms. The van der Waals surface area contributed by atoms with Crippen LogP contribution in [-0.2, 0) is 6.42 Å². The lowest BCUT2D eigenvalue weighted by atomic mass is 10.1. The van der Waals surface area contributed by atoms with Gasteiger partial charge in [0.1, 0.15) is 11.6 Å². The second-order valence-corrected chi connectivity index (χ2v) is 8.69. The van der Waals surface area contributed by atoms with E-state index in [-0.39, 0.29) is 11.5 Å². The number of benzene rings is 3. The van der Waals surface area contributed by atoms with Crippen LogP contribution in [0.3, 0.4) is 0 Å². The van der Waals surface area contributed by atoms with Gasteiger partial charge in [0.2, 0.25) is 0 Å². The van der Waals surface area contributed by atoms with Gasteiger partial charge >= 0.3 is 0 Å². The third kappa shape index (κ3) is 5.21. The van der Waals surface area contributed by atoms with Gasteiger partial charge in [-0.2, -0.15) is 0 Å². The van der Waals surface area contributed by atoms with Crippen molar-refractivity contribution in [3.63, 3.8) is 0 Å². The van der Waals surface area contributed by atoms with Crippen LogP contribution >= 0.6 is 23.4 Å². The molecule has 0 unspecified atom stereocenters. The fraction of sp³-hybridized carbons (Fsp3) is 0.160. The molecule has 0 atom stereocenters. The predicted molar refractivity (Wildman–Crippen MR) is 128 cm³/mol. The van der Waals surface area contributed by atoms with Gasteiger partial charge in [0.15, 0.2) is 10.9 Å². The molecular weight excluding hydrogens is 442 g/mol. The van der Waals surface area contributed by atoms with E-state index in [0.29, 0.717) is 22.2 Å². The van der Waals surface area contributed by atoms with Crippen molar-refractivity contribution in [1.82, 2.24) is 14.8 Å². The zero-order chi connectivity index (χ0) is 22.5. The van der Waals surface area contributed by atoms with E-state index in [0.717, 1.165) is 22.8 Å². The lowest BCUT2D eigenvalue weighted by Crippen LogP contribution is -2.06. The third-order valence-electron chi connectivity index (χ3n) is 5.01. The van der Waals surface area contributed by atoms with E-state index in [4.69, 9.17) is 16.3 Å². The Hall–Kier alpha value is -3.09. The van der Waals surface area contributed by atoms with Crippen molar-refractivity contribution >= 4 is 29.1 Å². The highest BCUT2D eigenvalue weighted by Crippen LogP contribution is 2.25. The molecule has 162 valence electrons. The number of ether oxygens (including phenoxy) is 1. The Labute approximate surface area is 196 Å². The molecule has 32 heavy (non-hydrogen) atoms. The number of halogens is 1. The molecule has 4 aromatic rings. The fourth-order valence-electron chi connectivity index (χ4n) is 3.24. The molecule has 0 bridgehead atoms. The van der Waals surface area contributed by atoms with Crippen LogP contribution in [0.25, 0.3) is 5.69 Å². The van der Waals surface area contributed by atoms with Crippen LogP contribution in [0.15, 0.2) is 78.0 Å². The molecule has 0 aliphatic rings. The normalized spacial score (nSPS) is 10.8. The number of nitrogens with zero attached hydrogens (tertiary/aromatic N) is 3. The summed E-state index contributed by atoms with van der Waals surface area (Å²) in [6.07, 6.45) is 0.608. The molecule has 1 aromatic heterocycles. The van der Waals surface area contributed by atoms with E-state index in [9.17, 15) is 4.79 Å². The Morgan fingerprint density at radius 1 is 0.969 bits per heavy atom. The van der Waals surface area contributed by atoms with Gasteiger partial charge in [-0.15, -0.1) is 10.2 Å². The van der Waals surface area contributed by atoms with Crippen LogP contribution in [0.2, 0.25) is 5.02 Å². The number of rotatable bonds is 8. The second-order valence-electron chi connectivity index (χ2n) is 7.31. The number of Topliss-reactive ketones (excluding diaryl/α,β-unsaturated/α-hetero) is 1. The van der Waals surface area contributed by atoms with E-state index >= 15 is 0 Å². The number of carbonyl (C=O) groups is 1. The van der Waals surface area contributed by atoms with E-state index in [1.165, 1.54) is 17.3 Å². The summed E-state index contributed by atoms with van der Waals surface area (Å²) in [6, 6.07) is 23.0. The summed E-state index contributed by atoms with van der Waals surface area (Å²) in [5.74, 6) is 1.89. The Morgan fingerprint density at radius 2 is 1.66 bits per heavy atom. The summed E-state index contributed by atoms with van der Waals surface area (Å²) < 4.78 is 7.27. The molecule has 0 radical (unpaired) electrons. The first-order valence-corrected chi connectivity index (χ1v) is 11.5. The van der Waals surface area contributed by atoms with Gasteiger partial charge in [0.25, 0.3) is 0 Å². The maximum absolute atomic E-state index is 12.6. The van der Waals surface area contributed by atoms with Crippen LogP contribution < -0.4 is 4.74 Å². The number of thioether (sulfide) groups is 1. The number of ketones is 1. The zero-order valence-corrected chi connectivity index (χ0v) is 19.4. The van der Waals surface area contributed by atoms with Gasteiger partial charge < -0.3 is 4.74 Å². The lowest BCUT2D eigenvalue weighted by molar-refractivity contribution is 0.102. The number of hydrogen-bond donors (Lipinski definition) is 0. The maximum Gasteiger partial charge on any atom is 0.196 e. The lowest BCUT2D eigenvalue weighted by Gasteiger charge is -2.11. The summed E-state index contributed by atoms with van der Waals surface area (Å²) >= 11 is 7.31. The van der Waals surface area contributed by atoms with E-state index < -0.39 is 0 Å². The van der Waals surface area contributed by atoms with Gasteiger partial charge in [-0.25, -0.2) is 0 Å². The molecule has 4 rings (SSSR count). The van der Waals surface area contributed by atoms with Crippen molar-refractivity contribution < 1.29 is 9.53 Å². The molecular formula is C25H22ClN3O2S. The number of hydrogen-bond acceptors (Lipinski definition) is 5. The molecule has 0 N–H and O–H groups in total. The van der Waals surface area contributed by atoms with Crippen LogP contribution in [0.4, 0.5) is 0 Å². The zero-order valence-electron chi connectivity index (χ0n) is 17.8. The first-order chi connectivity index (χ1) is 15.5. The van der Waals surface area contributed by atoms with Crippen molar-refractivity contribution in [1.29, 1.82) is 0 Å². The number of aromatic nitrogens is 3. The molecule has 0 saturated heterocycles. The Kier molecular flexibility index (Phi) is 6.93. The topological polar surface area (TPSA) is 57.0 Å². The fourth-order valence-corrected chi connectivity index (χ4v) is 4.23. The smallest absolute Gasteiger partial charge is 0.196 e. The highest BCUT2D eigenvalue weighted by atomic mass is 35.5. The third-order valence-corrected chi connectivity index (χ3v) is 6.19. The summed E-state index contributed by atoms with van der Waals surface area (Å²) in [7, 11) is 1.65. The SMILES string of the molecule is COc1ccc(Cc2nnc(SCC(=O)c3ccc(Cl)cc3)n2-c2ccc(C)cc2)cc1. The quantitative estimate of drug-likeness (QED) is 0.244. The minimum atomic E-state index is 0.0156. The minimum absolute atomic E-state index is 0.0156. The van der Waals surface area contributed by atoms with E-state index in [1.54, 1.807) is 31.4 Å². The summed E-state index contributed by atoms with van der Waals surface area (Å²) in [5, 5.41) is 10.1. The van der Waals surface area contributed by atoms with E-state index in [2.05, 4.69) is 29.3 Å². The van der Waals surface area contributed by atoms with E-state index in [1.807, 2.05) is 41.0 Å². The predicted octanol–water partition coefficient (Wildman–Crippen LogP) is 5.80. The summed E-state index contributed by atoms with van der Waals surface area (Å²) in [4.78, 5) is 12.6. The minimum Gasteiger partial charge on any atom is -0.497 e. The molecule has 0 fully saturated rings. The first-order valence-electron chi connectivity index (χ1n) is 10.1. The molecule has 5 nitrogen and oxygen atoms in total. The Balaban J connectivity index is 1.60. The maximum atomic E-state index is 12.6. The molecule has 0 aliphatic carbocycles. The molecule has 0 saturated carbocycles. The van der Waals surface area contributed by atoms with Crippen LogP contribution in [-0.4, -0.2) is 33.4 Å². The largest absolute Gasteiger partial charge is 0.497 e. The highest BCUT2D eigenvalue weighted by molar-refractivity contribution is 7.99. The van der Waals surface area contributed by atoms with Gasteiger partial charge in [-0.3, -0.25) is 9.36 Å². The van der Waals surface area contributed by atoms with Gasteiger partial charge in [0.05, 0.1) is 12.9 Å². The van der Waals surface area contributed by atoms with Crippen molar-refractivity contribution in [3.05, 3.63) is 100 Å². The molecule has 1 heterocycles. The van der Waals surface area contributed by atoms with Crippen molar-refractivity contribution in [2.45, 2.75) is 18.5 Å². The molecule has 0 amide bonds. The van der Waals surface area contributed by atoms with Crippen LogP contribution in [0, 0.1) is 6.92 Å². The van der Waals surface area contributed by atoms with Crippen molar-refractivity contribution in [2.75, 3.05) is 12.9 Å². The standard InChI is InChI=1S/C25H22ClN3O2S/c1-17-3-11-21(12-4-17)29-24(15-18-5-13-22(31-2)14-6-18)27-28-25(29)32-16-23(30)19-7-9-20(26)10-8-19/h3-14H,15-16H2,1-2H3. The number of methoxy groups -OCH3 is 1. The summed E-state index contributed by atoms with van der Waals surface area (Å²) in [6.45, 7) is 2.05. The van der Waals surface area contributed by atoms with Crippen LogP contribution in [0.5, 0.6) is 5.75 Å². The monoisotopic (exact) mass is 463 g/mol. The molecule has 3 aromatic carbocycles. The Bertz CT molecular complexity index is 1200. The molecule has 0 spiro atoms. The summed E-state index contributed by atoms with van der Waals surface area (Å²) in [5.41, 5.74) is 3.86. The van der Waals surface area contributed by atoms with Gasteiger partial charge in [0, 0.05) is 22.7 Å². The van der Waals surface area contributed by atoms with Crippen molar-refractivity contribution in [2.24, 2.45) is 0 Å². The average molecular weight is 464 g/mol. The number of carbonyl (C=O) groups excluding carboxylic acids is 1. The second kappa shape index (κ2) is 10.0. The Morgan fingerprint density at radius 3 is 2.31 bits per heavy atom. The number of aryl methyl sites for hydroxylation is 1. The van der Waals surface area contributed by atoms with Gasteiger partial charge in [-0.05, 0) is 61.0 Å². The van der Waals surface area contributed by atoms with Gasteiger partial charge in [-0.1, -0.05) is 53.2 Å². The average Bonchev–Trinajstić information content (AvgIpc) is 3.21. The van der Waals surface area contributed by atoms with Crippen LogP contribution in [0.1, 0.15) is 27.3 Å². The highest BCUT2D eigenvalue weighted by Gasteiger charge is 2.17. The van der Waals surface area contributed by atoms with Crippen molar-refractivity contribution in [3.8, 4) is 11.4 Å².